The molecule has 0 heterocycles. The molecule has 0 unspecified atom stereocenters. The van der Waals surface area contributed by atoms with E-state index in [1.807, 2.05) is 0 Å². The normalized spacial score (nSPS) is 61.2. The van der Waals surface area contributed by atoms with Crippen molar-refractivity contribution >= 4 is 0 Å². The summed E-state index contributed by atoms with van der Waals surface area (Å²) in [5.41, 5.74) is 0.333. The minimum Gasteiger partial charge on any atom is -0.390 e. The van der Waals surface area contributed by atoms with Crippen LogP contribution in [0, 0.1) is 40.4 Å². The number of hydrogen-bond acceptors (Lipinski definition) is 1. The van der Waals surface area contributed by atoms with Crippen LogP contribution in [0.4, 0.5) is 4.39 Å². The van der Waals surface area contributed by atoms with E-state index in [0.717, 1.165) is 24.2 Å². The highest BCUT2D eigenvalue weighted by Gasteiger charge is 2.63. The second-order valence-corrected chi connectivity index (χ2v) is 9.69. The van der Waals surface area contributed by atoms with Crippen molar-refractivity contribution < 1.29 is 9.50 Å². The van der Waals surface area contributed by atoms with E-state index in [-0.39, 0.29) is 5.41 Å². The van der Waals surface area contributed by atoms with Gasteiger partial charge in [-0.2, -0.15) is 0 Å². The van der Waals surface area contributed by atoms with Crippen LogP contribution in [0.2, 0.25) is 0 Å². The van der Waals surface area contributed by atoms with Crippen molar-refractivity contribution in [3.8, 4) is 0 Å². The number of hydrogen-bond donors (Lipinski definition) is 1. The van der Waals surface area contributed by atoms with Crippen LogP contribution < -0.4 is 0 Å². The molecule has 4 rings (SSSR count). The van der Waals surface area contributed by atoms with E-state index in [1.165, 1.54) is 38.5 Å². The third-order valence-corrected chi connectivity index (χ3v) is 8.88. The van der Waals surface area contributed by atoms with E-state index in [4.69, 9.17) is 0 Å². The molecule has 0 spiro atoms. The van der Waals surface area contributed by atoms with Gasteiger partial charge in [-0.1, -0.05) is 33.6 Å². The largest absolute Gasteiger partial charge is 0.390 e. The van der Waals surface area contributed by atoms with Gasteiger partial charge in [0.05, 0.1) is 6.10 Å². The van der Waals surface area contributed by atoms with Gasteiger partial charge in [0.1, 0.15) is 6.17 Å². The van der Waals surface area contributed by atoms with Gasteiger partial charge in [0.25, 0.3) is 0 Å². The molecule has 4 saturated carbocycles. The number of aliphatic hydroxyl groups is 1. The lowest BCUT2D eigenvalue weighted by Gasteiger charge is -2.62. The lowest BCUT2D eigenvalue weighted by Crippen LogP contribution is -2.55. The molecule has 1 nitrogen and oxygen atoms in total. The van der Waals surface area contributed by atoms with Crippen LogP contribution in [0.25, 0.3) is 0 Å². The SMILES string of the molecule is C[C@H]1C[C@@H]2[C@H](CC[C@]3(C)[C@H](O)[C@@H](F)C[C@@H]23)[C@@]2(C)CCCC[C@H]12. The molecule has 0 bridgehead atoms. The Morgan fingerprint density at radius 1 is 0.909 bits per heavy atom. The van der Waals surface area contributed by atoms with Gasteiger partial charge in [0, 0.05) is 0 Å². The molecular formula is C20H33FO. The Morgan fingerprint density at radius 2 is 1.68 bits per heavy atom. The number of rotatable bonds is 0. The van der Waals surface area contributed by atoms with Crippen LogP contribution in [0.3, 0.4) is 0 Å². The molecule has 0 aromatic heterocycles. The Morgan fingerprint density at radius 3 is 2.45 bits per heavy atom. The molecule has 9 atom stereocenters. The molecule has 0 radical (unpaired) electrons. The fourth-order valence-corrected chi connectivity index (χ4v) is 7.75. The predicted molar refractivity (Wildman–Crippen MR) is 87.2 cm³/mol. The van der Waals surface area contributed by atoms with Crippen LogP contribution in [0.5, 0.6) is 0 Å². The second kappa shape index (κ2) is 4.94. The van der Waals surface area contributed by atoms with Gasteiger partial charge >= 0.3 is 0 Å². The quantitative estimate of drug-likeness (QED) is 0.669. The monoisotopic (exact) mass is 308 g/mol. The fourth-order valence-electron chi connectivity index (χ4n) is 7.75. The van der Waals surface area contributed by atoms with Gasteiger partial charge in [-0.25, -0.2) is 4.39 Å². The highest BCUT2D eigenvalue weighted by Crippen LogP contribution is 2.67. The summed E-state index contributed by atoms with van der Waals surface area (Å²) in [6.45, 7) is 7.19. The molecule has 4 fully saturated rings. The number of fused-ring (bicyclic) bond motifs is 5. The Balaban J connectivity index is 1.68. The molecule has 4 aliphatic carbocycles. The molecule has 0 amide bonds. The summed E-state index contributed by atoms with van der Waals surface area (Å²) in [5, 5.41) is 10.4. The maximum atomic E-state index is 14.3. The van der Waals surface area contributed by atoms with Crippen LogP contribution >= 0.6 is 0 Å². The first kappa shape index (κ1) is 15.4. The smallest absolute Gasteiger partial charge is 0.127 e. The minimum absolute atomic E-state index is 0.155. The van der Waals surface area contributed by atoms with E-state index in [2.05, 4.69) is 20.8 Å². The molecule has 1 N–H and O–H groups in total. The minimum atomic E-state index is -0.985. The zero-order chi connectivity index (χ0) is 15.7. The van der Waals surface area contributed by atoms with Gasteiger partial charge in [0.15, 0.2) is 0 Å². The zero-order valence-corrected chi connectivity index (χ0v) is 14.5. The van der Waals surface area contributed by atoms with Gasteiger partial charge in [0.2, 0.25) is 0 Å². The van der Waals surface area contributed by atoms with Crippen LogP contribution in [0.1, 0.15) is 72.1 Å². The highest BCUT2D eigenvalue weighted by atomic mass is 19.1. The van der Waals surface area contributed by atoms with Gasteiger partial charge in [-0.3, -0.25) is 0 Å². The lowest BCUT2D eigenvalue weighted by molar-refractivity contribution is -0.139. The first-order valence-electron chi connectivity index (χ1n) is 9.70. The summed E-state index contributed by atoms with van der Waals surface area (Å²) >= 11 is 0. The summed E-state index contributed by atoms with van der Waals surface area (Å²) in [7, 11) is 0. The van der Waals surface area contributed by atoms with Gasteiger partial charge in [-0.15, -0.1) is 0 Å². The van der Waals surface area contributed by atoms with Crippen LogP contribution in [0.15, 0.2) is 0 Å². The number of aliphatic hydroxyl groups excluding tert-OH is 1. The molecule has 0 aromatic carbocycles. The Hall–Kier alpha value is -0.110. The number of halogens is 1. The molecule has 4 aliphatic rings. The van der Waals surface area contributed by atoms with E-state index in [9.17, 15) is 9.50 Å². The molecule has 0 saturated heterocycles. The summed E-state index contributed by atoms with van der Waals surface area (Å²) in [6, 6.07) is 0. The molecule has 0 aliphatic heterocycles. The summed E-state index contributed by atoms with van der Waals surface area (Å²) in [4.78, 5) is 0. The molecule has 126 valence electrons. The first-order valence-corrected chi connectivity index (χ1v) is 9.70. The maximum Gasteiger partial charge on any atom is 0.127 e. The van der Waals surface area contributed by atoms with Crippen molar-refractivity contribution in [2.24, 2.45) is 40.4 Å². The van der Waals surface area contributed by atoms with Crippen molar-refractivity contribution in [2.75, 3.05) is 0 Å². The standard InChI is InChI=1S/C20H33FO/c1-12-10-13-15(19(2)8-5-4-6-14(12)19)7-9-20(3)16(13)11-17(21)18(20)22/h12-18,22H,4-11H2,1-3H3/t12-,13+,14+,15-,16-,17-,18+,19-,20-/m0/s1. The van der Waals surface area contributed by atoms with Crippen molar-refractivity contribution in [1.29, 1.82) is 0 Å². The molecular weight excluding hydrogens is 275 g/mol. The Kier molecular flexibility index (Phi) is 3.46. The van der Waals surface area contributed by atoms with E-state index in [1.54, 1.807) is 0 Å². The third-order valence-electron chi connectivity index (χ3n) is 8.88. The van der Waals surface area contributed by atoms with Gasteiger partial charge in [-0.05, 0) is 78.9 Å². The third kappa shape index (κ3) is 1.85. The summed E-state index contributed by atoms with van der Waals surface area (Å²) in [6.07, 6.45) is 8.06. The molecule has 22 heavy (non-hydrogen) atoms. The van der Waals surface area contributed by atoms with Crippen molar-refractivity contribution in [3.63, 3.8) is 0 Å². The fraction of sp³-hybridized carbons (Fsp3) is 1.00. The maximum absolute atomic E-state index is 14.3. The van der Waals surface area contributed by atoms with Gasteiger partial charge < -0.3 is 5.11 Å². The average molecular weight is 308 g/mol. The van der Waals surface area contributed by atoms with Crippen LogP contribution in [-0.2, 0) is 0 Å². The predicted octanol–water partition coefficient (Wildman–Crippen LogP) is 4.97. The Labute approximate surface area is 135 Å². The summed E-state index contributed by atoms with van der Waals surface area (Å²) < 4.78 is 14.3. The van der Waals surface area contributed by atoms with Crippen molar-refractivity contribution in [3.05, 3.63) is 0 Å². The Bertz CT molecular complexity index is 451. The van der Waals surface area contributed by atoms with E-state index < -0.39 is 12.3 Å². The zero-order valence-electron chi connectivity index (χ0n) is 14.5. The molecule has 2 heteroatoms. The van der Waals surface area contributed by atoms with Crippen molar-refractivity contribution in [1.82, 2.24) is 0 Å². The lowest BCUT2D eigenvalue weighted by atomic mass is 9.43. The van der Waals surface area contributed by atoms with Crippen molar-refractivity contribution in [2.45, 2.75) is 84.4 Å². The summed E-state index contributed by atoms with van der Waals surface area (Å²) in [5.74, 6) is 3.52. The molecule has 0 aromatic rings. The second-order valence-electron chi connectivity index (χ2n) is 9.69. The van der Waals surface area contributed by atoms with Crippen LogP contribution in [-0.4, -0.2) is 17.4 Å². The highest BCUT2D eigenvalue weighted by molar-refractivity contribution is 5.11. The first-order chi connectivity index (χ1) is 10.4. The number of alkyl halides is 1. The topological polar surface area (TPSA) is 20.2 Å². The van der Waals surface area contributed by atoms with E-state index >= 15 is 0 Å². The average Bonchev–Trinajstić information content (AvgIpc) is 2.71. The van der Waals surface area contributed by atoms with E-state index in [0.29, 0.717) is 23.7 Å².